The van der Waals surface area contributed by atoms with Crippen LogP contribution in [0.4, 0.5) is 0 Å². The summed E-state index contributed by atoms with van der Waals surface area (Å²) in [5.74, 6) is -2.10. The predicted octanol–water partition coefficient (Wildman–Crippen LogP) is 0.492. The molecule has 13 heteroatoms. The zero-order valence-corrected chi connectivity index (χ0v) is 27.8. The van der Waals surface area contributed by atoms with Crippen molar-refractivity contribution in [2.45, 2.75) is 115 Å². The summed E-state index contributed by atoms with van der Waals surface area (Å²) in [7, 11) is 0. The highest BCUT2D eigenvalue weighted by molar-refractivity contribution is 5.95. The van der Waals surface area contributed by atoms with Crippen LogP contribution in [0.5, 0.6) is 0 Å². The number of amides is 5. The van der Waals surface area contributed by atoms with Gasteiger partial charge in [-0.3, -0.25) is 24.0 Å². The molecule has 1 aromatic rings. The molecule has 260 valence electrons. The van der Waals surface area contributed by atoms with E-state index < -0.39 is 41.9 Å². The monoisotopic (exact) mass is 646 g/mol. The van der Waals surface area contributed by atoms with Crippen LogP contribution in [0.3, 0.4) is 0 Å². The second kappa shape index (κ2) is 24.7. The molecule has 0 fully saturated rings. The van der Waals surface area contributed by atoms with Gasteiger partial charge in [0.25, 0.3) is 0 Å². The molecule has 5 amide bonds. The molecule has 1 aromatic carbocycles. The first-order valence-electron chi connectivity index (χ1n) is 16.8. The van der Waals surface area contributed by atoms with Gasteiger partial charge in [-0.1, -0.05) is 44.2 Å². The molecule has 0 aliphatic carbocycles. The molecule has 0 unspecified atom stereocenters. The summed E-state index contributed by atoms with van der Waals surface area (Å²) in [6.45, 7) is 5.43. The van der Waals surface area contributed by atoms with Crippen molar-refractivity contribution in [1.29, 1.82) is 0 Å². The van der Waals surface area contributed by atoms with E-state index in [1.807, 2.05) is 37.3 Å². The molecule has 0 spiro atoms. The normalized spacial score (nSPS) is 13.5. The lowest BCUT2D eigenvalue weighted by Gasteiger charge is -2.27. The summed E-state index contributed by atoms with van der Waals surface area (Å²) >= 11 is 0. The van der Waals surface area contributed by atoms with E-state index in [2.05, 4.69) is 26.6 Å². The van der Waals surface area contributed by atoms with Gasteiger partial charge in [0.1, 0.15) is 24.2 Å². The number of carbonyl (C=O) groups excluding carboxylic acids is 5. The average molecular weight is 647 g/mol. The molecule has 0 bridgehead atoms. The zero-order valence-electron chi connectivity index (χ0n) is 27.8. The molecule has 0 aliphatic rings. The molecule has 0 heterocycles. The summed E-state index contributed by atoms with van der Waals surface area (Å²) < 4.78 is 0. The molecule has 46 heavy (non-hydrogen) atoms. The highest BCUT2D eigenvalue weighted by Crippen LogP contribution is 2.09. The summed E-state index contributed by atoms with van der Waals surface area (Å²) in [5.41, 5.74) is 17.9. The van der Waals surface area contributed by atoms with Crippen LogP contribution in [0.1, 0.15) is 90.0 Å². The summed E-state index contributed by atoms with van der Waals surface area (Å²) in [4.78, 5) is 65.9. The number of benzene rings is 1. The van der Waals surface area contributed by atoms with Gasteiger partial charge in [0.2, 0.25) is 29.5 Å². The van der Waals surface area contributed by atoms with E-state index in [0.29, 0.717) is 77.5 Å². The van der Waals surface area contributed by atoms with Crippen LogP contribution in [0.2, 0.25) is 0 Å². The van der Waals surface area contributed by atoms with E-state index in [1.165, 1.54) is 0 Å². The van der Waals surface area contributed by atoms with Crippen molar-refractivity contribution < 1.29 is 24.0 Å². The SMILES string of the molecule is CCCNC(=O)[C@H](CCCCN)NC(=O)[C@H](CCCCN)NC(=O)[C@H](CCCCN)NC(=O)[C@H](Cc1ccccc1)NC(=O)CC. The second-order valence-corrected chi connectivity index (χ2v) is 11.5. The fourth-order valence-electron chi connectivity index (χ4n) is 4.83. The standard InChI is InChI=1S/C33H58N8O5/c1-3-22-37-30(43)25(16-8-11-19-34)39-31(44)26(17-9-12-20-35)40-32(45)27(18-10-13-21-36)41-33(46)28(38-29(42)4-2)23-24-14-6-5-7-15-24/h5-7,14-15,25-28H,3-4,8-13,16-23,34-36H2,1-2H3,(H,37,43)(H,38,42)(H,39,44)(H,40,45)(H,41,46)/t25-,26-,27-,28-/m0/s1. The van der Waals surface area contributed by atoms with Crippen LogP contribution in [0, 0.1) is 0 Å². The van der Waals surface area contributed by atoms with Gasteiger partial charge in [-0.15, -0.1) is 0 Å². The Labute approximate surface area is 274 Å². The Morgan fingerprint density at radius 1 is 0.587 bits per heavy atom. The minimum absolute atomic E-state index is 0.197. The van der Waals surface area contributed by atoms with Crippen molar-refractivity contribution in [2.75, 3.05) is 26.2 Å². The highest BCUT2D eigenvalue weighted by atomic mass is 16.2. The topological polar surface area (TPSA) is 224 Å². The summed E-state index contributed by atoms with van der Waals surface area (Å²) in [5, 5.41) is 14.1. The maximum absolute atomic E-state index is 13.7. The zero-order chi connectivity index (χ0) is 34.2. The van der Waals surface area contributed by atoms with Crippen molar-refractivity contribution in [3.05, 3.63) is 35.9 Å². The van der Waals surface area contributed by atoms with E-state index in [4.69, 9.17) is 17.2 Å². The number of unbranched alkanes of at least 4 members (excludes halogenated alkanes) is 3. The molecule has 0 saturated heterocycles. The van der Waals surface area contributed by atoms with Gasteiger partial charge in [0, 0.05) is 19.4 Å². The first-order valence-corrected chi connectivity index (χ1v) is 16.8. The van der Waals surface area contributed by atoms with Gasteiger partial charge < -0.3 is 43.8 Å². The molecule has 0 aromatic heterocycles. The molecule has 0 radical (unpaired) electrons. The Kier molecular flexibility index (Phi) is 21.7. The van der Waals surface area contributed by atoms with Gasteiger partial charge in [-0.2, -0.15) is 0 Å². The fourth-order valence-corrected chi connectivity index (χ4v) is 4.83. The lowest BCUT2D eigenvalue weighted by atomic mass is 10.0. The van der Waals surface area contributed by atoms with Crippen LogP contribution < -0.4 is 43.8 Å². The summed E-state index contributed by atoms with van der Waals surface area (Å²) in [6.07, 6.45) is 5.95. The van der Waals surface area contributed by atoms with E-state index in [-0.39, 0.29) is 31.1 Å². The minimum Gasteiger partial charge on any atom is -0.354 e. The Morgan fingerprint density at radius 2 is 1.02 bits per heavy atom. The largest absolute Gasteiger partial charge is 0.354 e. The van der Waals surface area contributed by atoms with E-state index >= 15 is 0 Å². The van der Waals surface area contributed by atoms with Crippen molar-refractivity contribution >= 4 is 29.5 Å². The van der Waals surface area contributed by atoms with Crippen molar-refractivity contribution in [1.82, 2.24) is 26.6 Å². The molecular weight excluding hydrogens is 588 g/mol. The fraction of sp³-hybridized carbons (Fsp3) is 0.667. The number of nitrogens with two attached hydrogens (primary N) is 3. The molecule has 0 aliphatic heterocycles. The number of hydrogen-bond acceptors (Lipinski definition) is 8. The van der Waals surface area contributed by atoms with Gasteiger partial charge in [-0.05, 0) is 89.4 Å². The third-order valence-electron chi connectivity index (χ3n) is 7.54. The van der Waals surface area contributed by atoms with Crippen LogP contribution in [0.25, 0.3) is 0 Å². The third-order valence-corrected chi connectivity index (χ3v) is 7.54. The number of nitrogens with one attached hydrogen (secondary N) is 5. The molecular formula is C33H58N8O5. The molecule has 1 rings (SSSR count). The number of hydrogen-bond donors (Lipinski definition) is 8. The predicted molar refractivity (Wildman–Crippen MR) is 180 cm³/mol. The third kappa shape index (κ3) is 16.7. The smallest absolute Gasteiger partial charge is 0.243 e. The first kappa shape index (κ1) is 40.5. The van der Waals surface area contributed by atoms with Gasteiger partial charge in [0.15, 0.2) is 0 Å². The van der Waals surface area contributed by atoms with Crippen LogP contribution in [-0.2, 0) is 30.4 Å². The highest BCUT2D eigenvalue weighted by Gasteiger charge is 2.31. The quantitative estimate of drug-likeness (QED) is 0.0697. The minimum atomic E-state index is -0.978. The lowest BCUT2D eigenvalue weighted by Crippen LogP contribution is -2.58. The van der Waals surface area contributed by atoms with Crippen LogP contribution in [-0.4, -0.2) is 79.9 Å². The van der Waals surface area contributed by atoms with E-state index in [1.54, 1.807) is 6.92 Å². The maximum atomic E-state index is 13.7. The molecule has 0 saturated carbocycles. The second-order valence-electron chi connectivity index (χ2n) is 11.5. The van der Waals surface area contributed by atoms with Crippen LogP contribution >= 0.6 is 0 Å². The van der Waals surface area contributed by atoms with Gasteiger partial charge in [0.05, 0.1) is 0 Å². The Balaban J connectivity index is 3.18. The summed E-state index contributed by atoms with van der Waals surface area (Å²) in [6, 6.07) is 5.67. The molecule has 13 nitrogen and oxygen atoms in total. The first-order chi connectivity index (χ1) is 22.2. The Hall–Kier alpha value is -3.55. The number of rotatable bonds is 25. The van der Waals surface area contributed by atoms with Gasteiger partial charge >= 0.3 is 0 Å². The molecule has 4 atom stereocenters. The maximum Gasteiger partial charge on any atom is 0.243 e. The van der Waals surface area contributed by atoms with Crippen molar-refractivity contribution in [3.8, 4) is 0 Å². The lowest BCUT2D eigenvalue weighted by molar-refractivity contribution is -0.134. The van der Waals surface area contributed by atoms with Gasteiger partial charge in [-0.25, -0.2) is 0 Å². The average Bonchev–Trinajstić information content (AvgIpc) is 3.05. The van der Waals surface area contributed by atoms with E-state index in [0.717, 1.165) is 12.0 Å². The van der Waals surface area contributed by atoms with Crippen molar-refractivity contribution in [3.63, 3.8) is 0 Å². The Bertz CT molecular complexity index is 1040. The number of carbonyl (C=O) groups is 5. The molecule has 11 N–H and O–H groups in total. The Morgan fingerprint density at radius 3 is 1.43 bits per heavy atom. The van der Waals surface area contributed by atoms with Crippen LogP contribution in [0.15, 0.2) is 30.3 Å². The van der Waals surface area contributed by atoms with E-state index in [9.17, 15) is 24.0 Å². The van der Waals surface area contributed by atoms with Crippen molar-refractivity contribution in [2.24, 2.45) is 17.2 Å².